The Morgan fingerprint density at radius 1 is 1.00 bits per heavy atom. The summed E-state index contributed by atoms with van der Waals surface area (Å²) in [6, 6.07) is 0. The van der Waals surface area contributed by atoms with Crippen molar-refractivity contribution in [1.29, 1.82) is 0 Å². The lowest BCUT2D eigenvalue weighted by molar-refractivity contribution is -0.130. The fraction of sp³-hybridized carbons (Fsp3) is 0.885. The van der Waals surface area contributed by atoms with E-state index in [9.17, 15) is 9.59 Å². The Morgan fingerprint density at radius 2 is 1.79 bits per heavy atom. The second kappa shape index (κ2) is 7.31. The van der Waals surface area contributed by atoms with Crippen LogP contribution in [-0.4, -0.2) is 23.8 Å². The lowest BCUT2D eigenvalue weighted by Gasteiger charge is -2.56. The first-order valence-corrected chi connectivity index (χ1v) is 12.5. The maximum atomic E-state index is 13.4. The predicted molar refractivity (Wildman–Crippen MR) is 116 cm³/mol. The zero-order chi connectivity index (χ0) is 20.2. The summed E-state index contributed by atoms with van der Waals surface area (Å²) in [4.78, 5) is 30.4. The number of nitrogens with zero attached hydrogens (tertiary/aromatic N) is 1. The van der Waals surface area contributed by atoms with Crippen molar-refractivity contribution in [3.63, 3.8) is 0 Å². The first-order valence-electron chi connectivity index (χ1n) is 12.5. The minimum atomic E-state index is 0.141. The van der Waals surface area contributed by atoms with Crippen molar-refractivity contribution in [3.8, 4) is 0 Å². The molecule has 4 fully saturated rings. The molecule has 0 saturated heterocycles. The van der Waals surface area contributed by atoms with Gasteiger partial charge in [-0.1, -0.05) is 46.0 Å². The number of hydrogen-bond donors (Lipinski definition) is 0. The van der Waals surface area contributed by atoms with Crippen LogP contribution in [0.5, 0.6) is 0 Å². The number of fused-ring (bicyclic) bond motifs is 5. The molecule has 0 aromatic heterocycles. The molecule has 0 aromatic rings. The molecular formula is C26H39NO2. The van der Waals surface area contributed by atoms with Crippen LogP contribution in [0.2, 0.25) is 0 Å². The van der Waals surface area contributed by atoms with Gasteiger partial charge in [0.15, 0.2) is 0 Å². The van der Waals surface area contributed by atoms with E-state index in [1.165, 1.54) is 57.1 Å². The molecule has 1 aliphatic heterocycles. The van der Waals surface area contributed by atoms with Crippen LogP contribution in [0.4, 0.5) is 0 Å². The maximum Gasteiger partial charge on any atom is 0.138 e. The fourth-order valence-electron chi connectivity index (χ4n) is 8.55. The largest absolute Gasteiger partial charge is 0.299 e. The van der Waals surface area contributed by atoms with E-state index in [0.29, 0.717) is 47.6 Å². The van der Waals surface area contributed by atoms with Gasteiger partial charge >= 0.3 is 0 Å². The van der Waals surface area contributed by atoms with E-state index in [-0.39, 0.29) is 10.8 Å². The molecule has 0 aromatic carbocycles. The van der Waals surface area contributed by atoms with Gasteiger partial charge in [0, 0.05) is 42.9 Å². The molecule has 1 unspecified atom stereocenters. The summed E-state index contributed by atoms with van der Waals surface area (Å²) < 4.78 is 0. The van der Waals surface area contributed by atoms with Crippen LogP contribution in [0.15, 0.2) is 4.99 Å². The quantitative estimate of drug-likeness (QED) is 0.604. The van der Waals surface area contributed by atoms with E-state index in [1.807, 2.05) is 0 Å². The number of hydrogen-bond acceptors (Lipinski definition) is 3. The van der Waals surface area contributed by atoms with Gasteiger partial charge in [0.25, 0.3) is 0 Å². The Labute approximate surface area is 176 Å². The molecule has 4 saturated carbocycles. The van der Waals surface area contributed by atoms with E-state index in [0.717, 1.165) is 32.2 Å². The zero-order valence-corrected chi connectivity index (χ0v) is 18.5. The lowest BCUT2D eigenvalue weighted by atomic mass is 9.49. The van der Waals surface area contributed by atoms with Crippen LogP contribution in [-0.2, 0) is 9.59 Å². The van der Waals surface area contributed by atoms with Gasteiger partial charge in [-0.15, -0.1) is 0 Å². The monoisotopic (exact) mass is 397 g/mol. The molecule has 0 amide bonds. The average molecular weight is 398 g/mol. The van der Waals surface area contributed by atoms with E-state index >= 15 is 0 Å². The molecule has 4 aliphatic carbocycles. The highest BCUT2D eigenvalue weighted by Crippen LogP contribution is 2.64. The maximum absolute atomic E-state index is 13.4. The van der Waals surface area contributed by atoms with Crippen molar-refractivity contribution >= 4 is 17.3 Å². The SMILES string of the molecule is C[C@]12CCC(=O)CC1=NC[C@@H]1[C@H]2CC[C@]2(C)C(C(=O)CC3CCCCC3)CC[C@@H]12. The van der Waals surface area contributed by atoms with Crippen molar-refractivity contribution in [1.82, 2.24) is 0 Å². The summed E-state index contributed by atoms with van der Waals surface area (Å²) in [5.74, 6) is 3.89. The lowest BCUT2D eigenvalue weighted by Crippen LogP contribution is -2.54. The first-order chi connectivity index (χ1) is 13.9. The number of carbonyl (C=O) groups is 2. The molecule has 0 N–H and O–H groups in total. The highest BCUT2D eigenvalue weighted by Gasteiger charge is 2.60. The summed E-state index contributed by atoms with van der Waals surface area (Å²) >= 11 is 0. The van der Waals surface area contributed by atoms with Crippen LogP contribution in [0.3, 0.4) is 0 Å². The minimum Gasteiger partial charge on any atom is -0.299 e. The van der Waals surface area contributed by atoms with Gasteiger partial charge in [-0.2, -0.15) is 0 Å². The van der Waals surface area contributed by atoms with Crippen molar-refractivity contribution in [3.05, 3.63) is 0 Å². The molecule has 1 heterocycles. The molecule has 3 nitrogen and oxygen atoms in total. The van der Waals surface area contributed by atoms with Gasteiger partial charge in [-0.3, -0.25) is 14.6 Å². The Hall–Kier alpha value is -0.990. The van der Waals surface area contributed by atoms with Crippen molar-refractivity contribution in [2.45, 2.75) is 97.3 Å². The molecule has 29 heavy (non-hydrogen) atoms. The summed E-state index contributed by atoms with van der Waals surface area (Å²) in [5, 5.41) is 0. The first kappa shape index (κ1) is 19.9. The van der Waals surface area contributed by atoms with Crippen LogP contribution in [0, 0.1) is 40.4 Å². The third kappa shape index (κ3) is 3.17. The third-order valence-corrected chi connectivity index (χ3v) is 10.3. The number of rotatable bonds is 3. The Morgan fingerprint density at radius 3 is 2.59 bits per heavy atom. The Balaban J connectivity index is 1.34. The Kier molecular flexibility index (Phi) is 5.02. The van der Waals surface area contributed by atoms with Crippen LogP contribution in [0.1, 0.15) is 97.3 Å². The normalized spacial score (nSPS) is 45.2. The van der Waals surface area contributed by atoms with Crippen LogP contribution in [0.25, 0.3) is 0 Å². The highest BCUT2D eigenvalue weighted by molar-refractivity contribution is 6.07. The van der Waals surface area contributed by atoms with Gasteiger partial charge in [-0.05, 0) is 61.2 Å². The molecule has 0 bridgehead atoms. The van der Waals surface area contributed by atoms with Crippen LogP contribution >= 0.6 is 0 Å². The molecule has 0 spiro atoms. The van der Waals surface area contributed by atoms with E-state index in [2.05, 4.69) is 13.8 Å². The van der Waals surface area contributed by atoms with E-state index in [1.54, 1.807) is 0 Å². The molecule has 160 valence electrons. The highest BCUT2D eigenvalue weighted by atomic mass is 16.1. The van der Waals surface area contributed by atoms with E-state index < -0.39 is 0 Å². The summed E-state index contributed by atoms with van der Waals surface area (Å²) in [6.07, 6.45) is 14.5. The van der Waals surface area contributed by atoms with Crippen molar-refractivity contribution < 1.29 is 9.59 Å². The summed E-state index contributed by atoms with van der Waals surface area (Å²) in [6.45, 7) is 5.77. The van der Waals surface area contributed by atoms with Gasteiger partial charge in [-0.25, -0.2) is 0 Å². The summed E-state index contributed by atoms with van der Waals surface area (Å²) in [5.41, 5.74) is 1.55. The standard InChI is InChI=1S/C26H39NO2/c1-25-13-11-21-19(16-27-24-15-18(28)10-12-26(21,24)2)20(25)8-9-22(25)23(29)14-17-6-4-3-5-7-17/h17,19-22H,3-16H2,1-2H3/t19-,20-,21+,22?,25-,26+/m0/s1. The Bertz CT molecular complexity index is 720. The van der Waals surface area contributed by atoms with Crippen LogP contribution < -0.4 is 0 Å². The molecule has 3 heteroatoms. The molecule has 5 aliphatic rings. The number of ketones is 2. The molecule has 5 rings (SSSR count). The average Bonchev–Trinajstić information content (AvgIpc) is 3.06. The topological polar surface area (TPSA) is 46.5 Å². The smallest absolute Gasteiger partial charge is 0.138 e. The summed E-state index contributed by atoms with van der Waals surface area (Å²) in [7, 11) is 0. The number of aliphatic imine (C=N–C) groups is 1. The molecular weight excluding hydrogens is 358 g/mol. The molecule has 6 atom stereocenters. The second-order valence-corrected chi connectivity index (χ2v) is 11.6. The fourth-order valence-corrected chi connectivity index (χ4v) is 8.55. The van der Waals surface area contributed by atoms with Crippen molar-refractivity contribution in [2.75, 3.05) is 6.54 Å². The van der Waals surface area contributed by atoms with Gasteiger partial charge < -0.3 is 0 Å². The van der Waals surface area contributed by atoms with Gasteiger partial charge in [0.05, 0.1) is 0 Å². The number of Topliss-reactive ketones (excluding diaryl/α,β-unsaturated/α-hetero) is 2. The van der Waals surface area contributed by atoms with Gasteiger partial charge in [0.2, 0.25) is 0 Å². The predicted octanol–water partition coefficient (Wildman–Crippen LogP) is 5.80. The van der Waals surface area contributed by atoms with E-state index in [4.69, 9.17) is 4.99 Å². The minimum absolute atomic E-state index is 0.141. The molecule has 0 radical (unpaired) electrons. The van der Waals surface area contributed by atoms with Crippen molar-refractivity contribution in [2.24, 2.45) is 45.4 Å². The van der Waals surface area contributed by atoms with Gasteiger partial charge in [0.1, 0.15) is 11.6 Å². The second-order valence-electron chi connectivity index (χ2n) is 11.6. The third-order valence-electron chi connectivity index (χ3n) is 10.3. The number of carbonyl (C=O) groups excluding carboxylic acids is 2. The zero-order valence-electron chi connectivity index (χ0n) is 18.5.